The van der Waals surface area contributed by atoms with Crippen LogP contribution >= 0.6 is 11.3 Å². The summed E-state index contributed by atoms with van der Waals surface area (Å²) in [6, 6.07) is 10.2. The normalized spacial score (nSPS) is 10.7. The minimum absolute atomic E-state index is 0.182. The van der Waals surface area contributed by atoms with Crippen LogP contribution in [-0.2, 0) is 6.61 Å². The van der Waals surface area contributed by atoms with Crippen LogP contribution in [0.2, 0.25) is 0 Å². The maximum absolute atomic E-state index is 13.5. The Kier molecular flexibility index (Phi) is 3.52. The van der Waals surface area contributed by atoms with E-state index >= 15 is 0 Å². The molecule has 0 amide bonds. The van der Waals surface area contributed by atoms with Crippen LogP contribution < -0.4 is 4.74 Å². The predicted molar refractivity (Wildman–Crippen MR) is 75.3 cm³/mol. The molecule has 102 valence electrons. The van der Waals surface area contributed by atoms with E-state index in [4.69, 9.17) is 9.15 Å². The van der Waals surface area contributed by atoms with Gasteiger partial charge in [-0.3, -0.25) is 0 Å². The zero-order chi connectivity index (χ0) is 13.9. The van der Waals surface area contributed by atoms with E-state index in [1.807, 2.05) is 24.4 Å². The fraction of sp³-hybridized carbons (Fsp3) is 0.133. The molecule has 0 saturated heterocycles. The number of ether oxygens (including phenoxy) is 1. The Bertz CT molecular complexity index is 706. The Labute approximate surface area is 119 Å². The highest BCUT2D eigenvalue weighted by Gasteiger charge is 2.13. The topological polar surface area (TPSA) is 35.3 Å². The van der Waals surface area contributed by atoms with Crippen LogP contribution in [0.5, 0.6) is 5.75 Å². The van der Waals surface area contributed by atoms with Crippen molar-refractivity contribution in [3.05, 3.63) is 59.0 Å². The molecule has 0 unspecified atom stereocenters. The number of benzene rings is 1. The third kappa shape index (κ3) is 2.58. The van der Waals surface area contributed by atoms with E-state index in [9.17, 15) is 4.39 Å². The molecule has 3 aromatic rings. The Morgan fingerprint density at radius 1 is 1.25 bits per heavy atom. The number of oxazole rings is 1. The van der Waals surface area contributed by atoms with Crippen LogP contribution in [0.3, 0.4) is 0 Å². The molecular weight excluding hydrogens is 277 g/mol. The maximum atomic E-state index is 13.5. The summed E-state index contributed by atoms with van der Waals surface area (Å²) in [5.41, 5.74) is 0.677. The van der Waals surface area contributed by atoms with Crippen molar-refractivity contribution in [1.82, 2.24) is 4.98 Å². The second kappa shape index (κ2) is 5.46. The molecular formula is C15H12FNO2S. The molecule has 2 aromatic heterocycles. The first kappa shape index (κ1) is 12.9. The Hall–Kier alpha value is -2.14. The highest BCUT2D eigenvalue weighted by atomic mass is 32.1. The second-order valence-corrected chi connectivity index (χ2v) is 5.17. The number of para-hydroxylation sites is 1. The molecule has 0 saturated carbocycles. The fourth-order valence-electron chi connectivity index (χ4n) is 1.78. The molecule has 5 heteroatoms. The Morgan fingerprint density at radius 2 is 2.10 bits per heavy atom. The quantitative estimate of drug-likeness (QED) is 0.712. The average molecular weight is 289 g/mol. The molecule has 20 heavy (non-hydrogen) atoms. The molecule has 0 radical (unpaired) electrons. The molecule has 0 N–H and O–H groups in total. The molecule has 3 nitrogen and oxygen atoms in total. The molecule has 0 aliphatic carbocycles. The van der Waals surface area contributed by atoms with Crippen LogP contribution in [0.15, 0.2) is 46.2 Å². The number of thiophene rings is 1. The van der Waals surface area contributed by atoms with Crippen molar-refractivity contribution in [3.63, 3.8) is 0 Å². The molecule has 1 aromatic carbocycles. The molecule has 0 aliphatic heterocycles. The van der Waals surface area contributed by atoms with Crippen molar-refractivity contribution < 1.29 is 13.5 Å². The first-order valence-electron chi connectivity index (χ1n) is 6.11. The van der Waals surface area contributed by atoms with Gasteiger partial charge in [0.1, 0.15) is 18.1 Å². The highest BCUT2D eigenvalue weighted by molar-refractivity contribution is 7.13. The SMILES string of the molecule is Cc1oc(-c2cccs2)nc1COc1ccccc1F. The summed E-state index contributed by atoms with van der Waals surface area (Å²) in [6.45, 7) is 2.01. The third-order valence-electron chi connectivity index (χ3n) is 2.83. The van der Waals surface area contributed by atoms with Gasteiger partial charge in [0, 0.05) is 0 Å². The van der Waals surface area contributed by atoms with Crippen LogP contribution in [0.4, 0.5) is 4.39 Å². The Balaban J connectivity index is 1.77. The van der Waals surface area contributed by atoms with Crippen molar-refractivity contribution in [2.75, 3.05) is 0 Å². The zero-order valence-electron chi connectivity index (χ0n) is 10.8. The molecule has 3 rings (SSSR count). The largest absolute Gasteiger partial charge is 0.484 e. The lowest BCUT2D eigenvalue weighted by atomic mass is 10.3. The van der Waals surface area contributed by atoms with Crippen LogP contribution in [0.1, 0.15) is 11.5 Å². The van der Waals surface area contributed by atoms with Gasteiger partial charge >= 0.3 is 0 Å². The van der Waals surface area contributed by atoms with Gasteiger partial charge in [-0.05, 0) is 30.5 Å². The summed E-state index contributed by atoms with van der Waals surface area (Å²) in [6.07, 6.45) is 0. The lowest BCUT2D eigenvalue weighted by Crippen LogP contribution is -1.99. The van der Waals surface area contributed by atoms with Crippen molar-refractivity contribution in [1.29, 1.82) is 0 Å². The highest BCUT2D eigenvalue weighted by Crippen LogP contribution is 2.26. The minimum atomic E-state index is -0.382. The number of rotatable bonds is 4. The number of aromatic nitrogens is 1. The van der Waals surface area contributed by atoms with E-state index in [0.717, 1.165) is 4.88 Å². The first-order chi connectivity index (χ1) is 9.74. The van der Waals surface area contributed by atoms with E-state index in [0.29, 0.717) is 17.3 Å². The average Bonchev–Trinajstić information content (AvgIpc) is 3.07. The maximum Gasteiger partial charge on any atom is 0.236 e. The summed E-state index contributed by atoms with van der Waals surface area (Å²) in [5, 5.41) is 1.96. The van der Waals surface area contributed by atoms with Crippen LogP contribution in [-0.4, -0.2) is 4.98 Å². The minimum Gasteiger partial charge on any atom is -0.484 e. The summed E-state index contributed by atoms with van der Waals surface area (Å²) >= 11 is 1.56. The Morgan fingerprint density at radius 3 is 2.85 bits per heavy atom. The van der Waals surface area contributed by atoms with Gasteiger partial charge in [-0.2, -0.15) is 0 Å². The van der Waals surface area contributed by atoms with Crippen molar-refractivity contribution in [2.24, 2.45) is 0 Å². The molecule has 0 bridgehead atoms. The standard InChI is InChI=1S/C15H12FNO2S/c1-10-12(9-18-13-6-3-2-5-11(13)16)17-15(19-10)14-7-4-8-20-14/h2-8H,9H2,1H3. The molecule has 0 atom stereocenters. The van der Waals surface area contributed by atoms with E-state index < -0.39 is 0 Å². The first-order valence-corrected chi connectivity index (χ1v) is 6.99. The van der Waals surface area contributed by atoms with Gasteiger partial charge in [0.05, 0.1) is 4.88 Å². The van der Waals surface area contributed by atoms with Crippen molar-refractivity contribution in [3.8, 4) is 16.5 Å². The number of nitrogens with zero attached hydrogens (tertiary/aromatic N) is 1. The van der Waals surface area contributed by atoms with E-state index in [1.54, 1.807) is 29.5 Å². The van der Waals surface area contributed by atoms with Gasteiger partial charge in [-0.25, -0.2) is 9.37 Å². The van der Waals surface area contributed by atoms with Gasteiger partial charge in [0.15, 0.2) is 11.6 Å². The van der Waals surface area contributed by atoms with Gasteiger partial charge in [0.25, 0.3) is 0 Å². The molecule has 0 fully saturated rings. The van der Waals surface area contributed by atoms with Gasteiger partial charge in [-0.15, -0.1) is 11.3 Å². The second-order valence-electron chi connectivity index (χ2n) is 4.22. The van der Waals surface area contributed by atoms with Crippen molar-refractivity contribution in [2.45, 2.75) is 13.5 Å². The molecule has 0 spiro atoms. The molecule has 2 heterocycles. The lowest BCUT2D eigenvalue weighted by Gasteiger charge is -2.04. The number of aryl methyl sites for hydroxylation is 1. The number of hydrogen-bond donors (Lipinski definition) is 0. The van der Waals surface area contributed by atoms with Gasteiger partial charge in [-0.1, -0.05) is 18.2 Å². The zero-order valence-corrected chi connectivity index (χ0v) is 11.6. The summed E-state index contributed by atoms with van der Waals surface area (Å²) < 4.78 is 24.5. The lowest BCUT2D eigenvalue weighted by molar-refractivity contribution is 0.284. The van der Waals surface area contributed by atoms with Gasteiger partial charge < -0.3 is 9.15 Å². The number of halogens is 1. The summed E-state index contributed by atoms with van der Waals surface area (Å²) in [7, 11) is 0. The fourth-order valence-corrected chi connectivity index (χ4v) is 2.42. The van der Waals surface area contributed by atoms with Crippen LogP contribution in [0.25, 0.3) is 10.8 Å². The monoisotopic (exact) mass is 289 g/mol. The third-order valence-corrected chi connectivity index (χ3v) is 3.68. The van der Waals surface area contributed by atoms with E-state index in [2.05, 4.69) is 4.98 Å². The molecule has 0 aliphatic rings. The smallest absolute Gasteiger partial charge is 0.236 e. The van der Waals surface area contributed by atoms with Gasteiger partial charge in [0.2, 0.25) is 5.89 Å². The summed E-state index contributed by atoms with van der Waals surface area (Å²) in [5.74, 6) is 1.09. The summed E-state index contributed by atoms with van der Waals surface area (Å²) in [4.78, 5) is 5.36. The van der Waals surface area contributed by atoms with Crippen molar-refractivity contribution >= 4 is 11.3 Å². The number of hydrogen-bond acceptors (Lipinski definition) is 4. The predicted octanol–water partition coefficient (Wildman–Crippen LogP) is 4.43. The van der Waals surface area contributed by atoms with Crippen LogP contribution in [0, 0.1) is 12.7 Å². The van der Waals surface area contributed by atoms with E-state index in [1.165, 1.54) is 6.07 Å². The van der Waals surface area contributed by atoms with E-state index in [-0.39, 0.29) is 18.2 Å².